The zero-order valence-electron chi connectivity index (χ0n) is 16.0. The van der Waals surface area contributed by atoms with E-state index in [-0.39, 0.29) is 5.41 Å². The Labute approximate surface area is 153 Å². The van der Waals surface area contributed by atoms with Gasteiger partial charge in [0.15, 0.2) is 11.6 Å². The molecule has 136 valence electrons. The number of rotatable bonds is 3. The Morgan fingerprint density at radius 2 is 1.92 bits per heavy atom. The third kappa shape index (κ3) is 2.87. The van der Waals surface area contributed by atoms with Crippen molar-refractivity contribution in [1.29, 1.82) is 0 Å². The zero-order chi connectivity index (χ0) is 18.5. The fourth-order valence-electron chi connectivity index (χ4n) is 3.26. The highest BCUT2D eigenvalue weighted by molar-refractivity contribution is 5.69. The van der Waals surface area contributed by atoms with Crippen LogP contribution in [-0.2, 0) is 5.41 Å². The van der Waals surface area contributed by atoms with Crippen molar-refractivity contribution in [1.82, 2.24) is 24.8 Å². The van der Waals surface area contributed by atoms with Gasteiger partial charge in [-0.1, -0.05) is 20.8 Å². The largest absolute Gasteiger partial charge is 0.351 e. The number of nitrogens with zero attached hydrogens (tertiary/aromatic N) is 7. The fourth-order valence-corrected chi connectivity index (χ4v) is 3.26. The molecule has 0 spiro atoms. The second kappa shape index (κ2) is 5.93. The summed E-state index contributed by atoms with van der Waals surface area (Å²) in [5.41, 5.74) is 3.08. The van der Waals surface area contributed by atoms with Crippen molar-refractivity contribution in [2.24, 2.45) is 0 Å². The number of likely N-dealkylation sites (N-methyl/N-ethyl adjacent to an activating group) is 1. The van der Waals surface area contributed by atoms with Crippen molar-refractivity contribution in [3.63, 3.8) is 0 Å². The minimum absolute atomic E-state index is 0.0248. The molecule has 0 N–H and O–H groups in total. The fraction of sp³-hybridized carbons (Fsp3) is 0.474. The number of anilines is 2. The molecular formula is C19H25N7. The molecule has 3 aromatic heterocycles. The Hall–Kier alpha value is -2.70. The Bertz CT molecular complexity index is 917. The highest BCUT2D eigenvalue weighted by atomic mass is 15.4. The maximum atomic E-state index is 4.58. The molecule has 7 heteroatoms. The van der Waals surface area contributed by atoms with E-state index >= 15 is 0 Å². The first-order valence-corrected chi connectivity index (χ1v) is 8.96. The van der Waals surface area contributed by atoms with Gasteiger partial charge in [0.05, 0.1) is 17.4 Å². The molecule has 3 aromatic rings. The summed E-state index contributed by atoms with van der Waals surface area (Å²) < 4.78 is 1.89. The molecule has 7 nitrogen and oxygen atoms in total. The molecule has 0 aromatic carbocycles. The number of hydrogen-bond donors (Lipinski definition) is 0. The van der Waals surface area contributed by atoms with Crippen molar-refractivity contribution in [2.45, 2.75) is 39.2 Å². The third-order valence-electron chi connectivity index (χ3n) is 4.98. The SMILES string of the molecule is Cc1cc2c(N(C)C3CN(c4ccc(C(C)(C)C)nn4)C3)nccn2n1. The minimum atomic E-state index is 0.0248. The Morgan fingerprint density at radius 1 is 1.15 bits per heavy atom. The number of aryl methyl sites for hydroxylation is 1. The van der Waals surface area contributed by atoms with E-state index in [0.717, 1.165) is 41.6 Å². The molecule has 0 aliphatic carbocycles. The van der Waals surface area contributed by atoms with Crippen LogP contribution in [0.15, 0.2) is 30.6 Å². The van der Waals surface area contributed by atoms with Gasteiger partial charge in [0.1, 0.15) is 5.52 Å². The van der Waals surface area contributed by atoms with Crippen LogP contribution < -0.4 is 9.80 Å². The first-order valence-electron chi connectivity index (χ1n) is 8.96. The van der Waals surface area contributed by atoms with Gasteiger partial charge < -0.3 is 9.80 Å². The molecule has 0 atom stereocenters. The lowest BCUT2D eigenvalue weighted by atomic mass is 9.92. The molecular weight excluding hydrogens is 326 g/mol. The molecule has 1 aliphatic rings. The molecule has 26 heavy (non-hydrogen) atoms. The van der Waals surface area contributed by atoms with E-state index in [4.69, 9.17) is 0 Å². The standard InChI is InChI=1S/C19H25N7/c1-13-10-15-18(20-8-9-26(15)23-13)24(5)14-11-25(12-14)17-7-6-16(21-22-17)19(2,3)4/h6-10,14H,11-12H2,1-5H3. The lowest BCUT2D eigenvalue weighted by Gasteiger charge is -2.44. The van der Waals surface area contributed by atoms with Gasteiger partial charge in [-0.05, 0) is 25.1 Å². The number of aromatic nitrogens is 5. The number of fused-ring (bicyclic) bond motifs is 1. The van der Waals surface area contributed by atoms with Crippen molar-refractivity contribution < 1.29 is 0 Å². The summed E-state index contributed by atoms with van der Waals surface area (Å²) in [4.78, 5) is 9.07. The van der Waals surface area contributed by atoms with Crippen LogP contribution in [0.5, 0.6) is 0 Å². The van der Waals surface area contributed by atoms with Crippen LogP contribution in [0.4, 0.5) is 11.6 Å². The molecule has 0 amide bonds. The Kier molecular flexibility index (Phi) is 3.82. The van der Waals surface area contributed by atoms with Gasteiger partial charge in [-0.25, -0.2) is 9.50 Å². The minimum Gasteiger partial charge on any atom is -0.351 e. The average Bonchev–Trinajstić information content (AvgIpc) is 2.93. The van der Waals surface area contributed by atoms with E-state index in [1.54, 1.807) is 6.20 Å². The summed E-state index contributed by atoms with van der Waals surface area (Å²) in [5.74, 6) is 1.90. The van der Waals surface area contributed by atoms with Crippen molar-refractivity contribution in [2.75, 3.05) is 29.9 Å². The first kappa shape index (κ1) is 16.8. The van der Waals surface area contributed by atoms with Crippen LogP contribution in [-0.4, -0.2) is 51.0 Å². The maximum Gasteiger partial charge on any atom is 0.154 e. The van der Waals surface area contributed by atoms with Gasteiger partial charge in [-0.15, -0.1) is 5.10 Å². The molecule has 4 rings (SSSR count). The summed E-state index contributed by atoms with van der Waals surface area (Å²) in [6.45, 7) is 10.3. The third-order valence-corrected chi connectivity index (χ3v) is 4.98. The second-order valence-electron chi connectivity index (χ2n) is 8.06. The Balaban J connectivity index is 1.47. The lowest BCUT2D eigenvalue weighted by molar-refractivity contribution is 0.485. The van der Waals surface area contributed by atoms with Crippen LogP contribution in [0.3, 0.4) is 0 Å². The maximum absolute atomic E-state index is 4.58. The van der Waals surface area contributed by atoms with Gasteiger partial charge >= 0.3 is 0 Å². The quantitative estimate of drug-likeness (QED) is 0.722. The van der Waals surface area contributed by atoms with E-state index in [1.165, 1.54) is 0 Å². The van der Waals surface area contributed by atoms with Crippen LogP contribution >= 0.6 is 0 Å². The second-order valence-corrected chi connectivity index (χ2v) is 8.06. The smallest absolute Gasteiger partial charge is 0.154 e. The van der Waals surface area contributed by atoms with Gasteiger partial charge in [-0.3, -0.25) is 0 Å². The van der Waals surface area contributed by atoms with Crippen LogP contribution in [0.25, 0.3) is 5.52 Å². The van der Waals surface area contributed by atoms with E-state index in [1.807, 2.05) is 17.6 Å². The molecule has 1 aliphatic heterocycles. The van der Waals surface area contributed by atoms with Crippen molar-refractivity contribution in [3.05, 3.63) is 42.0 Å². The topological polar surface area (TPSA) is 62.5 Å². The van der Waals surface area contributed by atoms with E-state index in [0.29, 0.717) is 6.04 Å². The Morgan fingerprint density at radius 3 is 2.58 bits per heavy atom. The summed E-state index contributed by atoms with van der Waals surface area (Å²) in [6.07, 6.45) is 3.69. The molecule has 1 saturated heterocycles. The summed E-state index contributed by atoms with van der Waals surface area (Å²) in [5, 5.41) is 13.3. The molecule has 0 unspecified atom stereocenters. The molecule has 0 radical (unpaired) electrons. The van der Waals surface area contributed by atoms with Crippen LogP contribution in [0.2, 0.25) is 0 Å². The highest BCUT2D eigenvalue weighted by Gasteiger charge is 2.33. The average molecular weight is 351 g/mol. The van der Waals surface area contributed by atoms with Crippen LogP contribution in [0, 0.1) is 6.92 Å². The monoisotopic (exact) mass is 351 g/mol. The first-order chi connectivity index (χ1) is 12.3. The molecule has 0 saturated carbocycles. The highest BCUT2D eigenvalue weighted by Crippen LogP contribution is 2.27. The predicted molar refractivity (Wildman–Crippen MR) is 103 cm³/mol. The summed E-state index contributed by atoms with van der Waals surface area (Å²) in [7, 11) is 2.10. The number of hydrogen-bond acceptors (Lipinski definition) is 6. The van der Waals surface area contributed by atoms with Gasteiger partial charge in [0.2, 0.25) is 0 Å². The summed E-state index contributed by atoms with van der Waals surface area (Å²) in [6, 6.07) is 6.62. The van der Waals surface area contributed by atoms with E-state index < -0.39 is 0 Å². The predicted octanol–water partition coefficient (Wildman–Crippen LogP) is 2.45. The van der Waals surface area contributed by atoms with E-state index in [9.17, 15) is 0 Å². The van der Waals surface area contributed by atoms with Gasteiger partial charge in [0, 0.05) is 37.9 Å². The van der Waals surface area contributed by atoms with Crippen molar-refractivity contribution >= 4 is 17.2 Å². The zero-order valence-corrected chi connectivity index (χ0v) is 16.0. The van der Waals surface area contributed by atoms with E-state index in [2.05, 4.69) is 76.1 Å². The van der Waals surface area contributed by atoms with Crippen LogP contribution in [0.1, 0.15) is 32.2 Å². The normalized spacial score (nSPS) is 15.3. The molecule has 0 bridgehead atoms. The van der Waals surface area contributed by atoms with Gasteiger partial charge in [0.25, 0.3) is 0 Å². The summed E-state index contributed by atoms with van der Waals surface area (Å²) >= 11 is 0. The van der Waals surface area contributed by atoms with Gasteiger partial charge in [-0.2, -0.15) is 10.2 Å². The molecule has 4 heterocycles. The molecule has 1 fully saturated rings. The lowest BCUT2D eigenvalue weighted by Crippen LogP contribution is -2.59. The van der Waals surface area contributed by atoms with Crippen molar-refractivity contribution in [3.8, 4) is 0 Å².